The Morgan fingerprint density at radius 3 is 2.56 bits per heavy atom. The number of amides is 1. The second-order valence-electron chi connectivity index (χ2n) is 8.09. The topological polar surface area (TPSA) is 63.8 Å². The van der Waals surface area contributed by atoms with E-state index in [0.29, 0.717) is 42.5 Å². The number of nitrogens with zero attached hydrogens (tertiary/aromatic N) is 1. The standard InChI is InChI=1S/C26H30N2O4/c1-5-6-18-13-19(14-24(31-3)25(18)32-4)26(29)28-11-9-17(10-12-28)22-16-27-23-8-7-20(30-2)15-21(22)23/h5,7-8,13-17,27H,1,6,9-12H2,2-4H3. The van der Waals surface area contributed by atoms with E-state index in [1.807, 2.05) is 23.1 Å². The number of rotatable bonds is 7. The number of carbonyl (C=O) groups is 1. The number of carbonyl (C=O) groups excluding carboxylic acids is 1. The lowest BCUT2D eigenvalue weighted by Crippen LogP contribution is -2.38. The van der Waals surface area contributed by atoms with Gasteiger partial charge in [0.2, 0.25) is 0 Å². The monoisotopic (exact) mass is 434 g/mol. The molecule has 6 heteroatoms. The van der Waals surface area contributed by atoms with Gasteiger partial charge in [-0.15, -0.1) is 6.58 Å². The molecule has 2 heterocycles. The third-order valence-corrected chi connectivity index (χ3v) is 6.31. The van der Waals surface area contributed by atoms with Gasteiger partial charge >= 0.3 is 0 Å². The maximum atomic E-state index is 13.3. The number of piperidine rings is 1. The SMILES string of the molecule is C=CCc1cc(C(=O)N2CCC(c3c[nH]c4ccc(OC)cc34)CC2)cc(OC)c1OC. The van der Waals surface area contributed by atoms with Crippen molar-refractivity contribution in [2.24, 2.45) is 0 Å². The number of H-pyrrole nitrogens is 1. The molecule has 0 radical (unpaired) electrons. The zero-order chi connectivity index (χ0) is 22.7. The summed E-state index contributed by atoms with van der Waals surface area (Å²) in [5.74, 6) is 2.50. The molecule has 1 aromatic heterocycles. The van der Waals surface area contributed by atoms with Crippen molar-refractivity contribution in [2.45, 2.75) is 25.2 Å². The van der Waals surface area contributed by atoms with Crippen molar-refractivity contribution in [2.75, 3.05) is 34.4 Å². The molecule has 1 aliphatic rings. The van der Waals surface area contributed by atoms with Gasteiger partial charge in [0.1, 0.15) is 5.75 Å². The zero-order valence-electron chi connectivity index (χ0n) is 18.9. The molecule has 6 nitrogen and oxygen atoms in total. The van der Waals surface area contributed by atoms with Crippen LogP contribution in [0.5, 0.6) is 17.2 Å². The summed E-state index contributed by atoms with van der Waals surface area (Å²) in [6.07, 6.45) is 6.34. The molecular formula is C26H30N2O4. The van der Waals surface area contributed by atoms with Crippen molar-refractivity contribution in [3.8, 4) is 17.2 Å². The van der Waals surface area contributed by atoms with E-state index < -0.39 is 0 Å². The predicted molar refractivity (Wildman–Crippen MR) is 126 cm³/mol. The lowest BCUT2D eigenvalue weighted by atomic mass is 9.89. The van der Waals surface area contributed by atoms with Crippen LogP contribution in [0.2, 0.25) is 0 Å². The Labute approximate surface area is 188 Å². The van der Waals surface area contributed by atoms with Crippen molar-refractivity contribution in [1.29, 1.82) is 0 Å². The van der Waals surface area contributed by atoms with E-state index >= 15 is 0 Å². The normalized spacial score (nSPS) is 14.4. The fraction of sp³-hybridized carbons (Fsp3) is 0.346. The molecule has 3 aromatic rings. The van der Waals surface area contributed by atoms with Crippen LogP contribution in [0.15, 0.2) is 49.2 Å². The summed E-state index contributed by atoms with van der Waals surface area (Å²) in [6, 6.07) is 9.76. The second kappa shape index (κ2) is 9.39. The summed E-state index contributed by atoms with van der Waals surface area (Å²) in [7, 11) is 4.88. The molecule has 1 aliphatic heterocycles. The lowest BCUT2D eigenvalue weighted by Gasteiger charge is -2.32. The van der Waals surface area contributed by atoms with Crippen molar-refractivity contribution in [3.63, 3.8) is 0 Å². The first kappa shape index (κ1) is 21.8. The van der Waals surface area contributed by atoms with Gasteiger partial charge in [0.25, 0.3) is 5.91 Å². The Morgan fingerprint density at radius 2 is 1.91 bits per heavy atom. The number of methoxy groups -OCH3 is 3. The first-order valence-corrected chi connectivity index (χ1v) is 10.9. The van der Waals surface area contributed by atoms with E-state index in [9.17, 15) is 4.79 Å². The molecule has 4 rings (SSSR count). The van der Waals surface area contributed by atoms with Crippen LogP contribution in [0.4, 0.5) is 0 Å². The predicted octanol–water partition coefficient (Wildman–Crippen LogP) is 4.94. The van der Waals surface area contributed by atoms with Crippen molar-refractivity contribution in [3.05, 3.63) is 65.9 Å². The number of nitrogens with one attached hydrogen (secondary N) is 1. The summed E-state index contributed by atoms with van der Waals surface area (Å²) in [5, 5.41) is 1.20. The Bertz CT molecular complexity index is 1130. The highest BCUT2D eigenvalue weighted by Gasteiger charge is 2.27. The van der Waals surface area contributed by atoms with E-state index in [4.69, 9.17) is 14.2 Å². The lowest BCUT2D eigenvalue weighted by molar-refractivity contribution is 0.0712. The smallest absolute Gasteiger partial charge is 0.254 e. The van der Waals surface area contributed by atoms with Gasteiger partial charge in [0, 0.05) is 41.3 Å². The highest BCUT2D eigenvalue weighted by Crippen LogP contribution is 2.36. The maximum absolute atomic E-state index is 13.3. The van der Waals surface area contributed by atoms with Gasteiger partial charge in [-0.25, -0.2) is 0 Å². The Balaban J connectivity index is 1.52. The summed E-state index contributed by atoms with van der Waals surface area (Å²) in [4.78, 5) is 18.6. The van der Waals surface area contributed by atoms with Crippen LogP contribution in [0.3, 0.4) is 0 Å². The van der Waals surface area contributed by atoms with Crippen molar-refractivity contribution < 1.29 is 19.0 Å². The summed E-state index contributed by atoms with van der Waals surface area (Å²) in [5.41, 5.74) is 3.92. The van der Waals surface area contributed by atoms with E-state index in [1.165, 1.54) is 10.9 Å². The van der Waals surface area contributed by atoms with Crippen LogP contribution >= 0.6 is 0 Å². The van der Waals surface area contributed by atoms with E-state index in [1.54, 1.807) is 33.5 Å². The number of fused-ring (bicyclic) bond motifs is 1. The van der Waals surface area contributed by atoms with Crippen LogP contribution in [-0.2, 0) is 6.42 Å². The third kappa shape index (κ3) is 4.05. The number of benzene rings is 2. The van der Waals surface area contributed by atoms with Gasteiger partial charge in [-0.2, -0.15) is 0 Å². The molecule has 32 heavy (non-hydrogen) atoms. The third-order valence-electron chi connectivity index (χ3n) is 6.31. The molecule has 1 saturated heterocycles. The summed E-state index contributed by atoms with van der Waals surface area (Å²) in [6.45, 7) is 5.24. The highest BCUT2D eigenvalue weighted by molar-refractivity contribution is 5.95. The minimum absolute atomic E-state index is 0.0234. The number of allylic oxidation sites excluding steroid dienone is 1. The summed E-state index contributed by atoms with van der Waals surface area (Å²) < 4.78 is 16.4. The number of aromatic amines is 1. The average Bonchev–Trinajstić information content (AvgIpc) is 3.26. The van der Waals surface area contributed by atoms with E-state index in [0.717, 1.165) is 29.7 Å². The molecule has 1 fully saturated rings. The van der Waals surface area contributed by atoms with Gasteiger partial charge in [-0.05, 0) is 61.1 Å². The maximum Gasteiger partial charge on any atom is 0.254 e. The van der Waals surface area contributed by atoms with Crippen LogP contribution in [-0.4, -0.2) is 50.2 Å². The van der Waals surface area contributed by atoms with Gasteiger partial charge in [-0.1, -0.05) is 6.08 Å². The van der Waals surface area contributed by atoms with E-state index in [-0.39, 0.29) is 5.91 Å². The number of hydrogen-bond donors (Lipinski definition) is 1. The number of ether oxygens (including phenoxy) is 3. The van der Waals surface area contributed by atoms with Crippen LogP contribution in [0.25, 0.3) is 10.9 Å². The minimum Gasteiger partial charge on any atom is -0.497 e. The number of hydrogen-bond acceptors (Lipinski definition) is 4. The molecule has 2 aromatic carbocycles. The van der Waals surface area contributed by atoms with Gasteiger partial charge in [-0.3, -0.25) is 4.79 Å². The van der Waals surface area contributed by atoms with Crippen LogP contribution in [0, 0.1) is 0 Å². The fourth-order valence-corrected chi connectivity index (χ4v) is 4.64. The first-order valence-electron chi connectivity index (χ1n) is 10.9. The Morgan fingerprint density at radius 1 is 1.12 bits per heavy atom. The molecule has 1 amide bonds. The minimum atomic E-state index is 0.0234. The Hall–Kier alpha value is -3.41. The zero-order valence-corrected chi connectivity index (χ0v) is 18.9. The van der Waals surface area contributed by atoms with Crippen molar-refractivity contribution >= 4 is 16.8 Å². The van der Waals surface area contributed by atoms with Gasteiger partial charge in [0.15, 0.2) is 11.5 Å². The van der Waals surface area contributed by atoms with Crippen LogP contribution in [0.1, 0.15) is 40.2 Å². The second-order valence-corrected chi connectivity index (χ2v) is 8.09. The summed E-state index contributed by atoms with van der Waals surface area (Å²) >= 11 is 0. The van der Waals surface area contributed by atoms with Gasteiger partial charge in [0.05, 0.1) is 21.3 Å². The highest BCUT2D eigenvalue weighted by atomic mass is 16.5. The molecule has 0 unspecified atom stereocenters. The largest absolute Gasteiger partial charge is 0.497 e. The molecule has 0 bridgehead atoms. The van der Waals surface area contributed by atoms with E-state index in [2.05, 4.69) is 23.8 Å². The molecule has 0 saturated carbocycles. The molecule has 0 spiro atoms. The quantitative estimate of drug-likeness (QED) is 0.535. The van der Waals surface area contributed by atoms with Crippen LogP contribution < -0.4 is 14.2 Å². The molecule has 0 atom stereocenters. The number of aromatic nitrogens is 1. The average molecular weight is 435 g/mol. The molecular weight excluding hydrogens is 404 g/mol. The van der Waals surface area contributed by atoms with Gasteiger partial charge < -0.3 is 24.1 Å². The molecule has 1 N–H and O–H groups in total. The Kier molecular flexibility index (Phi) is 6.40. The molecule has 168 valence electrons. The fourth-order valence-electron chi connectivity index (χ4n) is 4.64. The van der Waals surface area contributed by atoms with Crippen molar-refractivity contribution in [1.82, 2.24) is 9.88 Å². The molecule has 0 aliphatic carbocycles. The number of likely N-dealkylation sites (tertiary alicyclic amines) is 1. The first-order chi connectivity index (χ1) is 15.6.